The molecule has 0 saturated heterocycles. The molecule has 5 heteroatoms. The summed E-state index contributed by atoms with van der Waals surface area (Å²) in [6.45, 7) is 0.273. The molecule has 0 aliphatic rings. The van der Waals surface area contributed by atoms with E-state index in [0.29, 0.717) is 5.75 Å². The molecule has 2 rings (SSSR count). The van der Waals surface area contributed by atoms with Crippen LogP contribution in [0.1, 0.15) is 15.9 Å². The highest BCUT2D eigenvalue weighted by Crippen LogP contribution is 2.13. The Balaban J connectivity index is 2.02. The predicted octanol–water partition coefficient (Wildman–Crippen LogP) is 2.90. The number of rotatable bonds is 4. The van der Waals surface area contributed by atoms with Crippen LogP contribution >= 0.6 is 0 Å². The second-order valence-electron chi connectivity index (χ2n) is 4.16. The molecule has 20 heavy (non-hydrogen) atoms. The van der Waals surface area contributed by atoms with E-state index in [-0.39, 0.29) is 12.1 Å². The predicted molar refractivity (Wildman–Crippen MR) is 70.5 cm³/mol. The van der Waals surface area contributed by atoms with Gasteiger partial charge in [0.25, 0.3) is 5.91 Å². The molecule has 0 unspecified atom stereocenters. The molecular weight excluding hydrogens is 264 g/mol. The molecule has 0 heterocycles. The van der Waals surface area contributed by atoms with E-state index in [1.165, 1.54) is 6.07 Å². The second-order valence-corrected chi connectivity index (χ2v) is 4.16. The van der Waals surface area contributed by atoms with Crippen molar-refractivity contribution in [2.45, 2.75) is 6.54 Å². The quantitative estimate of drug-likeness (QED) is 0.933. The van der Waals surface area contributed by atoms with Crippen LogP contribution in [0.25, 0.3) is 0 Å². The standard InChI is InChI=1S/C15H13F2NO2/c1-20-12-4-2-3-10(7-12)9-18-15(19)11-5-6-13(16)14(17)8-11/h2-8H,9H2,1H3,(H,18,19). The number of carbonyl (C=O) groups excluding carboxylic acids is 1. The highest BCUT2D eigenvalue weighted by Gasteiger charge is 2.09. The van der Waals surface area contributed by atoms with Crippen molar-refractivity contribution in [3.63, 3.8) is 0 Å². The van der Waals surface area contributed by atoms with Gasteiger partial charge in [-0.25, -0.2) is 8.78 Å². The molecule has 0 fully saturated rings. The van der Waals surface area contributed by atoms with Gasteiger partial charge in [0.2, 0.25) is 0 Å². The van der Waals surface area contributed by atoms with Crippen molar-refractivity contribution < 1.29 is 18.3 Å². The lowest BCUT2D eigenvalue weighted by Gasteiger charge is -2.07. The van der Waals surface area contributed by atoms with Gasteiger partial charge in [0.15, 0.2) is 11.6 Å². The number of benzene rings is 2. The van der Waals surface area contributed by atoms with E-state index in [9.17, 15) is 13.6 Å². The Morgan fingerprint density at radius 2 is 1.95 bits per heavy atom. The summed E-state index contributed by atoms with van der Waals surface area (Å²) in [6.07, 6.45) is 0. The third-order valence-electron chi connectivity index (χ3n) is 2.77. The Morgan fingerprint density at radius 1 is 1.15 bits per heavy atom. The van der Waals surface area contributed by atoms with Gasteiger partial charge in [-0.2, -0.15) is 0 Å². The number of methoxy groups -OCH3 is 1. The largest absolute Gasteiger partial charge is 0.497 e. The molecule has 2 aromatic carbocycles. The average Bonchev–Trinajstić information content (AvgIpc) is 2.47. The van der Waals surface area contributed by atoms with Crippen LogP contribution in [-0.4, -0.2) is 13.0 Å². The van der Waals surface area contributed by atoms with Crippen LogP contribution in [0, 0.1) is 11.6 Å². The average molecular weight is 277 g/mol. The molecule has 0 aromatic heterocycles. The van der Waals surface area contributed by atoms with Crippen molar-refractivity contribution in [1.29, 1.82) is 0 Å². The van der Waals surface area contributed by atoms with Gasteiger partial charge >= 0.3 is 0 Å². The Labute approximate surface area is 115 Å². The number of hydrogen-bond donors (Lipinski definition) is 1. The first-order valence-corrected chi connectivity index (χ1v) is 5.96. The molecule has 104 valence electrons. The summed E-state index contributed by atoms with van der Waals surface area (Å²) >= 11 is 0. The minimum Gasteiger partial charge on any atom is -0.497 e. The minimum atomic E-state index is -1.04. The van der Waals surface area contributed by atoms with E-state index in [1.807, 2.05) is 6.07 Å². The van der Waals surface area contributed by atoms with Gasteiger partial charge < -0.3 is 10.1 Å². The first-order chi connectivity index (χ1) is 9.60. The van der Waals surface area contributed by atoms with E-state index >= 15 is 0 Å². The lowest BCUT2D eigenvalue weighted by molar-refractivity contribution is 0.0950. The van der Waals surface area contributed by atoms with E-state index in [4.69, 9.17) is 4.74 Å². The summed E-state index contributed by atoms with van der Waals surface area (Å²) < 4.78 is 30.9. The number of ether oxygens (including phenoxy) is 1. The van der Waals surface area contributed by atoms with Gasteiger partial charge in [0, 0.05) is 12.1 Å². The number of halogens is 2. The summed E-state index contributed by atoms with van der Waals surface area (Å²) in [7, 11) is 1.55. The van der Waals surface area contributed by atoms with Gasteiger partial charge in [-0.1, -0.05) is 12.1 Å². The van der Waals surface area contributed by atoms with Gasteiger partial charge in [-0.05, 0) is 35.9 Å². The molecule has 0 saturated carbocycles. The Kier molecular flexibility index (Phi) is 4.30. The summed E-state index contributed by atoms with van der Waals surface area (Å²) in [4.78, 5) is 11.8. The molecule has 2 aromatic rings. The van der Waals surface area contributed by atoms with Crippen molar-refractivity contribution in [2.24, 2.45) is 0 Å². The van der Waals surface area contributed by atoms with Crippen LogP contribution in [0.4, 0.5) is 8.78 Å². The molecule has 3 nitrogen and oxygen atoms in total. The van der Waals surface area contributed by atoms with Gasteiger partial charge in [-0.3, -0.25) is 4.79 Å². The van der Waals surface area contributed by atoms with Crippen LogP contribution in [-0.2, 0) is 6.54 Å². The van der Waals surface area contributed by atoms with Crippen LogP contribution in [0.15, 0.2) is 42.5 Å². The topological polar surface area (TPSA) is 38.3 Å². The second kappa shape index (κ2) is 6.14. The van der Waals surface area contributed by atoms with Crippen molar-refractivity contribution in [2.75, 3.05) is 7.11 Å². The Hall–Kier alpha value is -2.43. The molecule has 1 amide bonds. The molecule has 0 radical (unpaired) electrons. The minimum absolute atomic E-state index is 0.0757. The third kappa shape index (κ3) is 3.32. The lowest BCUT2D eigenvalue weighted by Crippen LogP contribution is -2.23. The van der Waals surface area contributed by atoms with Crippen LogP contribution in [0.5, 0.6) is 5.75 Å². The number of amides is 1. The summed E-state index contributed by atoms with van der Waals surface area (Å²) in [5.74, 6) is -1.80. The molecule has 0 bridgehead atoms. The zero-order chi connectivity index (χ0) is 14.5. The molecule has 0 spiro atoms. The fraction of sp³-hybridized carbons (Fsp3) is 0.133. The zero-order valence-electron chi connectivity index (χ0n) is 10.8. The Morgan fingerprint density at radius 3 is 2.65 bits per heavy atom. The van der Waals surface area contributed by atoms with E-state index in [1.54, 1.807) is 25.3 Å². The van der Waals surface area contributed by atoms with Crippen LogP contribution < -0.4 is 10.1 Å². The van der Waals surface area contributed by atoms with E-state index in [0.717, 1.165) is 17.7 Å². The van der Waals surface area contributed by atoms with Crippen molar-refractivity contribution in [1.82, 2.24) is 5.32 Å². The zero-order valence-corrected chi connectivity index (χ0v) is 10.8. The smallest absolute Gasteiger partial charge is 0.251 e. The highest BCUT2D eigenvalue weighted by atomic mass is 19.2. The molecule has 0 aliphatic heterocycles. The van der Waals surface area contributed by atoms with E-state index in [2.05, 4.69) is 5.32 Å². The maximum absolute atomic E-state index is 13.0. The number of nitrogens with one attached hydrogen (secondary N) is 1. The maximum Gasteiger partial charge on any atom is 0.251 e. The first-order valence-electron chi connectivity index (χ1n) is 5.96. The third-order valence-corrected chi connectivity index (χ3v) is 2.77. The summed E-state index contributed by atoms with van der Waals surface area (Å²) in [5.41, 5.74) is 0.923. The molecular formula is C15H13F2NO2. The van der Waals surface area contributed by atoms with Gasteiger partial charge in [0.05, 0.1) is 7.11 Å². The van der Waals surface area contributed by atoms with Crippen molar-refractivity contribution >= 4 is 5.91 Å². The van der Waals surface area contributed by atoms with E-state index < -0.39 is 17.5 Å². The SMILES string of the molecule is COc1cccc(CNC(=O)c2ccc(F)c(F)c2)c1. The molecule has 1 N–H and O–H groups in total. The fourth-order valence-electron chi connectivity index (χ4n) is 1.70. The van der Waals surface area contributed by atoms with Crippen LogP contribution in [0.3, 0.4) is 0 Å². The fourth-order valence-corrected chi connectivity index (χ4v) is 1.70. The van der Waals surface area contributed by atoms with Crippen LogP contribution in [0.2, 0.25) is 0 Å². The van der Waals surface area contributed by atoms with Crippen molar-refractivity contribution in [3.05, 3.63) is 65.2 Å². The summed E-state index contributed by atoms with van der Waals surface area (Å²) in [5, 5.41) is 2.63. The number of hydrogen-bond acceptors (Lipinski definition) is 2. The molecule has 0 aliphatic carbocycles. The lowest BCUT2D eigenvalue weighted by atomic mass is 10.2. The van der Waals surface area contributed by atoms with Gasteiger partial charge in [0.1, 0.15) is 5.75 Å². The summed E-state index contributed by atoms with van der Waals surface area (Å²) in [6, 6.07) is 10.2. The number of carbonyl (C=O) groups is 1. The van der Waals surface area contributed by atoms with Gasteiger partial charge in [-0.15, -0.1) is 0 Å². The molecule has 0 atom stereocenters. The maximum atomic E-state index is 13.0. The monoisotopic (exact) mass is 277 g/mol. The highest BCUT2D eigenvalue weighted by molar-refractivity contribution is 5.94. The Bertz CT molecular complexity index is 629. The van der Waals surface area contributed by atoms with Crippen molar-refractivity contribution in [3.8, 4) is 5.75 Å². The normalized spacial score (nSPS) is 10.2. The first kappa shape index (κ1) is 14.0.